The Bertz CT molecular complexity index is 1180. The minimum atomic E-state index is -4.04. The van der Waals surface area contributed by atoms with Gasteiger partial charge in [-0.1, -0.05) is 6.07 Å². The predicted molar refractivity (Wildman–Crippen MR) is 116 cm³/mol. The summed E-state index contributed by atoms with van der Waals surface area (Å²) in [6.45, 7) is 0. The van der Waals surface area contributed by atoms with Crippen LogP contribution >= 0.6 is 11.3 Å². The van der Waals surface area contributed by atoms with E-state index in [0.717, 1.165) is 66.7 Å². The summed E-state index contributed by atoms with van der Waals surface area (Å²) < 4.78 is 43.1. The number of carbonyl (C=O) groups is 1. The first-order valence-electron chi connectivity index (χ1n) is 9.40. The Hall–Kier alpha value is -1.91. The van der Waals surface area contributed by atoms with Crippen LogP contribution in [0, 0.1) is 0 Å². The van der Waals surface area contributed by atoms with Gasteiger partial charge in [0.25, 0.3) is 10.0 Å². The predicted octanol–water partition coefficient (Wildman–Crippen LogP) is 3.60. The number of hydrogen-bond acceptors (Lipinski definition) is 6. The molecule has 1 aromatic carbocycles. The molecule has 7 nitrogen and oxygen atoms in total. The van der Waals surface area contributed by atoms with Gasteiger partial charge in [-0.25, -0.2) is 22.1 Å². The largest absolute Gasteiger partial charge is 0.333 e. The minimum absolute atomic E-state index is 0.0430. The molecule has 156 valence electrons. The molecule has 2 amide bonds. The van der Waals surface area contributed by atoms with Crippen molar-refractivity contribution in [2.24, 2.45) is 4.36 Å². The van der Waals surface area contributed by atoms with Gasteiger partial charge in [0.2, 0.25) is 0 Å². The van der Waals surface area contributed by atoms with Crippen molar-refractivity contribution < 1.29 is 17.4 Å². The van der Waals surface area contributed by atoms with Gasteiger partial charge in [0, 0.05) is 27.9 Å². The molecule has 0 atom stereocenters. The Morgan fingerprint density at radius 3 is 2.21 bits per heavy atom. The third-order valence-electron chi connectivity index (χ3n) is 5.08. The molecule has 0 fully saturated rings. The highest BCUT2D eigenvalue weighted by atomic mass is 32.2. The van der Waals surface area contributed by atoms with Crippen LogP contribution in [0.5, 0.6) is 0 Å². The van der Waals surface area contributed by atoms with Crippen molar-refractivity contribution in [2.75, 3.05) is 17.8 Å². The third-order valence-corrected chi connectivity index (χ3v) is 8.63. The summed E-state index contributed by atoms with van der Waals surface area (Å²) in [4.78, 5) is 12.6. The fourth-order valence-electron chi connectivity index (χ4n) is 4.00. The highest BCUT2D eigenvalue weighted by Gasteiger charge is 2.26. The van der Waals surface area contributed by atoms with Gasteiger partial charge in [-0.2, -0.15) is 4.36 Å². The second kappa shape index (κ2) is 7.41. The number of fused-ring (bicyclic) bond motifs is 2. The van der Waals surface area contributed by atoms with Crippen LogP contribution in [-0.4, -0.2) is 31.2 Å². The Morgan fingerprint density at radius 2 is 1.62 bits per heavy atom. The van der Waals surface area contributed by atoms with E-state index in [-0.39, 0.29) is 4.21 Å². The van der Waals surface area contributed by atoms with Gasteiger partial charge in [0.15, 0.2) is 0 Å². The van der Waals surface area contributed by atoms with Crippen molar-refractivity contribution in [1.82, 2.24) is 4.72 Å². The Balaban J connectivity index is 1.56. The third kappa shape index (κ3) is 4.34. The number of rotatable bonds is 4. The number of nitrogens with zero attached hydrogens (tertiary/aromatic N) is 1. The van der Waals surface area contributed by atoms with Crippen LogP contribution in [0.2, 0.25) is 0 Å². The van der Waals surface area contributed by atoms with E-state index in [1.165, 1.54) is 35.8 Å². The monoisotopic (exact) mass is 453 g/mol. The molecular weight excluding hydrogens is 430 g/mol. The smallest absolute Gasteiger partial charge is 0.307 e. The number of nitrogens with one attached hydrogen (secondary N) is 2. The highest BCUT2D eigenvalue weighted by molar-refractivity contribution is 7.93. The molecule has 0 spiro atoms. The lowest BCUT2D eigenvalue weighted by atomic mass is 9.99. The second-order valence-corrected chi connectivity index (χ2v) is 13.2. The number of carbonyl (C=O) groups excluding carboxylic acids is 1. The van der Waals surface area contributed by atoms with Crippen molar-refractivity contribution >= 4 is 47.8 Å². The Morgan fingerprint density at radius 1 is 1.00 bits per heavy atom. The molecule has 2 N–H and O–H groups in total. The zero-order valence-electron chi connectivity index (χ0n) is 16.3. The van der Waals surface area contributed by atoms with Crippen molar-refractivity contribution in [3.05, 3.63) is 40.5 Å². The standard InChI is InChI=1S/C19H23N3O4S3/c1-28(2,24)21-16-9-10-17(27-16)29(25,26)22-19(23)20-18-14-7-3-5-12(14)11-13-6-4-8-15(13)18/h9-11H,3-8H2,1-2H3,(H2,20,22,23). The average Bonchev–Trinajstić information content (AvgIpc) is 3.31. The van der Waals surface area contributed by atoms with E-state index >= 15 is 0 Å². The van der Waals surface area contributed by atoms with E-state index in [4.69, 9.17) is 0 Å². The number of benzene rings is 1. The maximum atomic E-state index is 12.6. The number of sulfonamides is 1. The van der Waals surface area contributed by atoms with Crippen molar-refractivity contribution in [3.63, 3.8) is 0 Å². The van der Waals surface area contributed by atoms with E-state index in [1.807, 2.05) is 0 Å². The molecule has 0 unspecified atom stereocenters. The molecule has 0 bridgehead atoms. The van der Waals surface area contributed by atoms with Crippen LogP contribution in [0.3, 0.4) is 0 Å². The number of thiophene rings is 1. The zero-order chi connectivity index (χ0) is 20.8. The van der Waals surface area contributed by atoms with Crippen LogP contribution in [-0.2, 0) is 45.4 Å². The molecule has 0 saturated heterocycles. The minimum Gasteiger partial charge on any atom is -0.307 e. The van der Waals surface area contributed by atoms with E-state index in [9.17, 15) is 17.4 Å². The Kier molecular flexibility index (Phi) is 5.20. The maximum absolute atomic E-state index is 12.6. The summed E-state index contributed by atoms with van der Waals surface area (Å²) in [5, 5.41) is 3.17. The van der Waals surface area contributed by atoms with Gasteiger partial charge in [-0.05, 0) is 72.9 Å². The molecule has 10 heteroatoms. The van der Waals surface area contributed by atoms with Crippen molar-refractivity contribution in [1.29, 1.82) is 0 Å². The van der Waals surface area contributed by atoms with Crippen molar-refractivity contribution in [3.8, 4) is 0 Å². The number of anilines is 1. The summed E-state index contributed by atoms with van der Waals surface area (Å²) in [6, 6.07) is 4.34. The van der Waals surface area contributed by atoms with E-state index in [0.29, 0.717) is 5.00 Å². The van der Waals surface area contributed by atoms with Gasteiger partial charge >= 0.3 is 6.03 Å². The fourth-order valence-corrected chi connectivity index (χ4v) is 7.12. The summed E-state index contributed by atoms with van der Waals surface area (Å²) in [5.74, 6) is 0. The molecule has 2 aliphatic carbocycles. The fraction of sp³-hybridized carbons (Fsp3) is 0.421. The molecule has 2 aliphatic rings. The van der Waals surface area contributed by atoms with Gasteiger partial charge < -0.3 is 5.32 Å². The molecule has 0 saturated carbocycles. The lowest BCUT2D eigenvalue weighted by Gasteiger charge is -2.16. The van der Waals surface area contributed by atoms with Crippen LogP contribution < -0.4 is 10.0 Å². The van der Waals surface area contributed by atoms with Gasteiger partial charge in [0.1, 0.15) is 9.21 Å². The average molecular weight is 454 g/mol. The summed E-state index contributed by atoms with van der Waals surface area (Å²) in [5.41, 5.74) is 5.58. The molecule has 29 heavy (non-hydrogen) atoms. The topological polar surface area (TPSA) is 105 Å². The van der Waals surface area contributed by atoms with Gasteiger partial charge in [-0.3, -0.25) is 0 Å². The molecule has 2 aromatic rings. The normalized spacial score (nSPS) is 15.7. The van der Waals surface area contributed by atoms with E-state index < -0.39 is 25.8 Å². The SMILES string of the molecule is CS(C)(=O)=Nc1ccc(S(=O)(=O)NC(=O)Nc2c3c(cc4c2CCC4)CCC3)s1. The number of hydrogen-bond donors (Lipinski definition) is 2. The molecule has 1 aromatic heterocycles. The molecule has 0 radical (unpaired) electrons. The molecular formula is C19H23N3O4S3. The maximum Gasteiger partial charge on any atom is 0.333 e. The zero-order valence-corrected chi connectivity index (χ0v) is 18.7. The van der Waals surface area contributed by atoms with Crippen LogP contribution in [0.4, 0.5) is 15.5 Å². The summed E-state index contributed by atoms with van der Waals surface area (Å²) in [7, 11) is -6.43. The quantitative estimate of drug-likeness (QED) is 0.738. The van der Waals surface area contributed by atoms with Crippen molar-refractivity contribution in [2.45, 2.75) is 42.7 Å². The molecule has 4 rings (SSSR count). The first-order valence-corrected chi connectivity index (χ1v) is 14.0. The summed E-state index contributed by atoms with van der Waals surface area (Å²) >= 11 is 0.879. The summed E-state index contributed by atoms with van der Waals surface area (Å²) in [6.07, 6.45) is 8.83. The number of aryl methyl sites for hydroxylation is 2. The van der Waals surface area contributed by atoms with E-state index in [2.05, 4.69) is 20.5 Å². The first kappa shape index (κ1) is 20.4. The Labute approximate surface area is 175 Å². The first-order chi connectivity index (χ1) is 13.6. The van der Waals surface area contributed by atoms with Gasteiger partial charge in [0.05, 0.1) is 0 Å². The van der Waals surface area contributed by atoms with Crippen LogP contribution in [0.25, 0.3) is 0 Å². The lowest BCUT2D eigenvalue weighted by Crippen LogP contribution is -2.34. The van der Waals surface area contributed by atoms with Crippen LogP contribution in [0.1, 0.15) is 35.1 Å². The number of urea groups is 1. The number of amides is 2. The second-order valence-electron chi connectivity index (χ2n) is 7.66. The molecule has 1 heterocycles. The van der Waals surface area contributed by atoms with Crippen LogP contribution in [0.15, 0.2) is 26.8 Å². The van der Waals surface area contributed by atoms with E-state index in [1.54, 1.807) is 0 Å². The highest BCUT2D eigenvalue weighted by Crippen LogP contribution is 2.38. The van der Waals surface area contributed by atoms with Gasteiger partial charge in [-0.15, -0.1) is 11.3 Å². The lowest BCUT2D eigenvalue weighted by molar-refractivity contribution is 0.256. The molecule has 0 aliphatic heterocycles.